The summed E-state index contributed by atoms with van der Waals surface area (Å²) in [7, 11) is 0. The Hall–Kier alpha value is -4.89. The van der Waals surface area contributed by atoms with Gasteiger partial charge >= 0.3 is 0 Å². The molecule has 0 atom stereocenters. The molecule has 0 aliphatic heterocycles. The minimum Gasteiger partial charge on any atom is -0.309 e. The Morgan fingerprint density at radius 2 is 1.49 bits per heavy atom. The Morgan fingerprint density at radius 1 is 0.622 bits per heavy atom. The molecule has 3 heteroatoms. The Kier molecular flexibility index (Phi) is 4.29. The lowest BCUT2D eigenvalue weighted by molar-refractivity contribution is 1.06. The average Bonchev–Trinajstić information content (AvgIpc) is 3.40. The van der Waals surface area contributed by atoms with Gasteiger partial charge in [0.1, 0.15) is 5.82 Å². The lowest BCUT2D eigenvalue weighted by atomic mass is 10.0. The van der Waals surface area contributed by atoms with Crippen molar-refractivity contribution in [2.45, 2.75) is 6.42 Å². The van der Waals surface area contributed by atoms with Crippen molar-refractivity contribution in [1.29, 1.82) is 0 Å². The van der Waals surface area contributed by atoms with Crippen LogP contribution >= 0.6 is 0 Å². The van der Waals surface area contributed by atoms with Crippen LogP contribution in [-0.4, -0.2) is 14.1 Å². The number of aromatic nitrogens is 3. The Balaban J connectivity index is 1.41. The maximum absolute atomic E-state index is 4.95. The molecule has 0 amide bonds. The summed E-state index contributed by atoms with van der Waals surface area (Å²) in [5.74, 6) is 0.934. The standard InChI is InChI=1S/C34H23N3/c1-2-4-11-25(10-3-1)37-32-14-8-6-12-26(32)29-21-24-15-17-31-27(28(24)22-33(29)37)19-20-36(31)34-18-16-23-9-5-7-13-30(23)35-34/h1,3-22H,2H2. The van der Waals surface area contributed by atoms with Crippen molar-refractivity contribution in [2.24, 2.45) is 0 Å². The molecule has 3 aromatic heterocycles. The summed E-state index contributed by atoms with van der Waals surface area (Å²) in [6, 6.07) is 32.6. The van der Waals surface area contributed by atoms with Crippen molar-refractivity contribution in [1.82, 2.24) is 14.1 Å². The van der Waals surface area contributed by atoms with E-state index in [0.717, 1.165) is 28.7 Å². The SMILES string of the molecule is C1=CCC=CC(n2c3ccccc3c3cc4ccc5c(ccn5-c5ccc6ccccc6n5)c4cc32)=C1. The monoisotopic (exact) mass is 473 g/mol. The van der Waals surface area contributed by atoms with Gasteiger partial charge in [-0.2, -0.15) is 0 Å². The zero-order valence-electron chi connectivity index (χ0n) is 20.2. The van der Waals surface area contributed by atoms with Crippen molar-refractivity contribution >= 4 is 60.1 Å². The third kappa shape index (κ3) is 3.04. The molecule has 3 heterocycles. The van der Waals surface area contributed by atoms with Crippen LogP contribution in [0.25, 0.3) is 65.9 Å². The highest BCUT2D eigenvalue weighted by molar-refractivity contribution is 6.18. The fraction of sp³-hybridized carbons (Fsp3) is 0.0294. The van der Waals surface area contributed by atoms with Gasteiger partial charge in [0.05, 0.1) is 22.1 Å². The van der Waals surface area contributed by atoms with Gasteiger partial charge in [-0.05, 0) is 77.9 Å². The lowest BCUT2D eigenvalue weighted by Gasteiger charge is -2.10. The molecule has 0 N–H and O–H groups in total. The van der Waals surface area contributed by atoms with Gasteiger partial charge in [0.25, 0.3) is 0 Å². The minimum atomic E-state index is 0.934. The van der Waals surface area contributed by atoms with Gasteiger partial charge in [-0.3, -0.25) is 0 Å². The van der Waals surface area contributed by atoms with Crippen molar-refractivity contribution < 1.29 is 0 Å². The molecule has 7 aromatic rings. The molecule has 0 unspecified atom stereocenters. The number of rotatable bonds is 2. The zero-order chi connectivity index (χ0) is 24.3. The number of para-hydroxylation sites is 2. The number of hydrogen-bond donors (Lipinski definition) is 0. The Labute approximate surface area is 213 Å². The second-order valence-corrected chi connectivity index (χ2v) is 9.65. The van der Waals surface area contributed by atoms with Crippen LogP contribution in [0, 0.1) is 0 Å². The first-order chi connectivity index (χ1) is 18.3. The van der Waals surface area contributed by atoms with Crippen molar-refractivity contribution in [2.75, 3.05) is 0 Å². The molecule has 0 bridgehead atoms. The van der Waals surface area contributed by atoms with E-state index in [1.165, 1.54) is 43.7 Å². The zero-order valence-corrected chi connectivity index (χ0v) is 20.2. The smallest absolute Gasteiger partial charge is 0.137 e. The first kappa shape index (κ1) is 20.3. The predicted molar refractivity (Wildman–Crippen MR) is 156 cm³/mol. The van der Waals surface area contributed by atoms with E-state index < -0.39 is 0 Å². The molecular weight excluding hydrogens is 450 g/mol. The number of nitrogens with zero attached hydrogens (tertiary/aromatic N) is 3. The van der Waals surface area contributed by atoms with Gasteiger partial charge in [0.15, 0.2) is 0 Å². The van der Waals surface area contributed by atoms with Crippen LogP contribution < -0.4 is 0 Å². The van der Waals surface area contributed by atoms with Crippen molar-refractivity contribution in [3.05, 3.63) is 128 Å². The van der Waals surface area contributed by atoms with E-state index in [4.69, 9.17) is 4.98 Å². The first-order valence-corrected chi connectivity index (χ1v) is 12.7. The topological polar surface area (TPSA) is 22.8 Å². The van der Waals surface area contributed by atoms with Gasteiger partial charge in [0, 0.05) is 33.4 Å². The molecule has 0 saturated carbocycles. The molecule has 0 spiro atoms. The normalized spacial score (nSPS) is 13.8. The molecule has 4 aromatic carbocycles. The van der Waals surface area contributed by atoms with Crippen molar-refractivity contribution in [3.8, 4) is 5.82 Å². The van der Waals surface area contributed by atoms with Crippen LogP contribution in [0.3, 0.4) is 0 Å². The van der Waals surface area contributed by atoms with Crippen LogP contribution in [-0.2, 0) is 0 Å². The molecule has 0 fully saturated rings. The quantitative estimate of drug-likeness (QED) is 0.246. The summed E-state index contributed by atoms with van der Waals surface area (Å²) >= 11 is 0. The number of allylic oxidation sites excluding steroid dienone is 6. The van der Waals surface area contributed by atoms with E-state index in [2.05, 4.69) is 131 Å². The summed E-state index contributed by atoms with van der Waals surface area (Å²) in [4.78, 5) is 4.95. The first-order valence-electron chi connectivity index (χ1n) is 12.7. The summed E-state index contributed by atoms with van der Waals surface area (Å²) in [5, 5.41) is 7.44. The van der Waals surface area contributed by atoms with Gasteiger partial charge in [0.2, 0.25) is 0 Å². The summed E-state index contributed by atoms with van der Waals surface area (Å²) in [6.45, 7) is 0. The molecule has 3 nitrogen and oxygen atoms in total. The molecule has 1 aliphatic carbocycles. The molecule has 0 radical (unpaired) electrons. The molecule has 1 aliphatic rings. The summed E-state index contributed by atoms with van der Waals surface area (Å²) in [6.07, 6.45) is 14.1. The molecule has 37 heavy (non-hydrogen) atoms. The largest absolute Gasteiger partial charge is 0.309 e. The summed E-state index contributed by atoms with van der Waals surface area (Å²) < 4.78 is 4.60. The van der Waals surface area contributed by atoms with Crippen molar-refractivity contribution in [3.63, 3.8) is 0 Å². The van der Waals surface area contributed by atoms with Gasteiger partial charge in [-0.15, -0.1) is 0 Å². The van der Waals surface area contributed by atoms with E-state index in [-0.39, 0.29) is 0 Å². The second-order valence-electron chi connectivity index (χ2n) is 9.65. The van der Waals surface area contributed by atoms with E-state index in [1.54, 1.807) is 0 Å². The van der Waals surface area contributed by atoms with Gasteiger partial charge < -0.3 is 9.13 Å². The maximum Gasteiger partial charge on any atom is 0.137 e. The average molecular weight is 474 g/mol. The number of hydrogen-bond acceptors (Lipinski definition) is 1. The highest BCUT2D eigenvalue weighted by atomic mass is 15.1. The van der Waals surface area contributed by atoms with Crippen LogP contribution in [0.1, 0.15) is 6.42 Å². The van der Waals surface area contributed by atoms with E-state index >= 15 is 0 Å². The number of pyridine rings is 1. The lowest BCUT2D eigenvalue weighted by Crippen LogP contribution is -1.96. The minimum absolute atomic E-state index is 0.934. The van der Waals surface area contributed by atoms with E-state index in [9.17, 15) is 0 Å². The van der Waals surface area contributed by atoms with Crippen LogP contribution in [0.15, 0.2) is 128 Å². The fourth-order valence-corrected chi connectivity index (χ4v) is 5.80. The van der Waals surface area contributed by atoms with Gasteiger partial charge in [-0.25, -0.2) is 4.98 Å². The number of benzene rings is 4. The Bertz CT molecular complexity index is 2110. The molecule has 0 saturated heterocycles. The molecule has 8 rings (SSSR count). The third-order valence-corrected chi connectivity index (χ3v) is 7.53. The van der Waals surface area contributed by atoms with E-state index in [1.807, 2.05) is 6.07 Å². The summed E-state index contributed by atoms with van der Waals surface area (Å²) in [5.41, 5.74) is 5.81. The maximum atomic E-state index is 4.95. The van der Waals surface area contributed by atoms with Crippen LogP contribution in [0.5, 0.6) is 0 Å². The molecular formula is C34H23N3. The van der Waals surface area contributed by atoms with E-state index in [0.29, 0.717) is 0 Å². The van der Waals surface area contributed by atoms with Crippen LogP contribution in [0.2, 0.25) is 0 Å². The Morgan fingerprint density at radius 3 is 2.49 bits per heavy atom. The highest BCUT2D eigenvalue weighted by Gasteiger charge is 2.16. The predicted octanol–water partition coefficient (Wildman–Crippen LogP) is 8.80. The fourth-order valence-electron chi connectivity index (χ4n) is 5.80. The third-order valence-electron chi connectivity index (χ3n) is 7.53. The highest BCUT2D eigenvalue weighted by Crippen LogP contribution is 2.37. The number of fused-ring (bicyclic) bond motifs is 7. The van der Waals surface area contributed by atoms with Gasteiger partial charge in [-0.1, -0.05) is 60.7 Å². The molecule has 174 valence electrons. The second kappa shape index (κ2) is 7.81. The van der Waals surface area contributed by atoms with Crippen LogP contribution in [0.4, 0.5) is 0 Å².